The van der Waals surface area contributed by atoms with Crippen LogP contribution in [0.4, 0.5) is 0 Å². The standard InChI is InChI=1S/C11H23N3O2S/c1-13(2)17(15,16)14-9-8-12-10-11(14)6-4-3-5-7-11/h12H,3-10H2,1-2H3. The van der Waals surface area contributed by atoms with Gasteiger partial charge in [-0.3, -0.25) is 0 Å². The van der Waals surface area contributed by atoms with E-state index in [1.807, 2.05) is 0 Å². The van der Waals surface area contributed by atoms with Gasteiger partial charge in [-0.15, -0.1) is 0 Å². The molecule has 100 valence electrons. The summed E-state index contributed by atoms with van der Waals surface area (Å²) in [4.78, 5) is 0. The summed E-state index contributed by atoms with van der Waals surface area (Å²) in [5.74, 6) is 0. The first-order valence-corrected chi connectivity index (χ1v) is 7.80. The van der Waals surface area contributed by atoms with Crippen LogP contribution in [0.5, 0.6) is 0 Å². The van der Waals surface area contributed by atoms with E-state index < -0.39 is 10.2 Å². The van der Waals surface area contributed by atoms with Crippen molar-refractivity contribution in [1.29, 1.82) is 0 Å². The van der Waals surface area contributed by atoms with Crippen LogP contribution in [0.25, 0.3) is 0 Å². The first-order valence-electron chi connectivity index (χ1n) is 6.40. The van der Waals surface area contributed by atoms with Crippen molar-refractivity contribution in [1.82, 2.24) is 13.9 Å². The van der Waals surface area contributed by atoms with Crippen LogP contribution in [0.2, 0.25) is 0 Å². The molecule has 1 saturated carbocycles. The Kier molecular flexibility index (Phi) is 3.77. The van der Waals surface area contributed by atoms with Gasteiger partial charge in [0.25, 0.3) is 10.2 Å². The van der Waals surface area contributed by atoms with Gasteiger partial charge in [0.15, 0.2) is 0 Å². The molecule has 1 aliphatic heterocycles. The Morgan fingerprint density at radius 1 is 1.18 bits per heavy atom. The molecule has 2 fully saturated rings. The van der Waals surface area contributed by atoms with Crippen molar-refractivity contribution in [3.63, 3.8) is 0 Å². The molecule has 0 aromatic carbocycles. The summed E-state index contributed by atoms with van der Waals surface area (Å²) < 4.78 is 27.9. The average molecular weight is 261 g/mol. The fourth-order valence-corrected chi connectivity index (χ4v) is 4.47. The highest BCUT2D eigenvalue weighted by atomic mass is 32.2. The molecule has 5 nitrogen and oxygen atoms in total. The fraction of sp³-hybridized carbons (Fsp3) is 1.00. The quantitative estimate of drug-likeness (QED) is 0.783. The lowest BCUT2D eigenvalue weighted by Gasteiger charge is -2.49. The first-order chi connectivity index (χ1) is 7.99. The fourth-order valence-electron chi connectivity index (χ4n) is 3.02. The number of nitrogens with one attached hydrogen (secondary N) is 1. The average Bonchev–Trinajstić information content (AvgIpc) is 2.30. The van der Waals surface area contributed by atoms with Gasteiger partial charge < -0.3 is 5.32 Å². The Bertz CT molecular complexity index is 353. The van der Waals surface area contributed by atoms with Crippen LogP contribution >= 0.6 is 0 Å². The highest BCUT2D eigenvalue weighted by molar-refractivity contribution is 7.86. The number of hydrogen-bond acceptors (Lipinski definition) is 3. The van der Waals surface area contributed by atoms with E-state index >= 15 is 0 Å². The molecular formula is C11H23N3O2S. The Hall–Kier alpha value is -0.170. The van der Waals surface area contributed by atoms with Crippen molar-refractivity contribution in [2.24, 2.45) is 0 Å². The second-order valence-corrected chi connectivity index (χ2v) is 7.39. The van der Waals surface area contributed by atoms with E-state index in [-0.39, 0.29) is 5.54 Å². The lowest BCUT2D eigenvalue weighted by molar-refractivity contribution is 0.0959. The monoisotopic (exact) mass is 261 g/mol. The molecule has 0 atom stereocenters. The van der Waals surface area contributed by atoms with Crippen LogP contribution in [0.3, 0.4) is 0 Å². The normalized spacial score (nSPS) is 26.5. The minimum absolute atomic E-state index is 0.167. The molecule has 0 unspecified atom stereocenters. The van der Waals surface area contributed by atoms with E-state index in [1.165, 1.54) is 10.7 Å². The number of rotatable bonds is 2. The summed E-state index contributed by atoms with van der Waals surface area (Å²) in [5, 5.41) is 3.36. The second-order valence-electron chi connectivity index (χ2n) is 5.32. The molecular weight excluding hydrogens is 238 g/mol. The zero-order valence-corrected chi connectivity index (χ0v) is 11.6. The Morgan fingerprint density at radius 3 is 2.41 bits per heavy atom. The predicted octanol–water partition coefficient (Wildman–Crippen LogP) is 0.401. The molecule has 1 heterocycles. The van der Waals surface area contributed by atoms with Crippen LogP contribution in [-0.2, 0) is 10.2 Å². The topological polar surface area (TPSA) is 52.7 Å². The maximum atomic E-state index is 12.4. The van der Waals surface area contributed by atoms with Crippen molar-refractivity contribution in [3.05, 3.63) is 0 Å². The molecule has 0 radical (unpaired) electrons. The molecule has 2 aliphatic rings. The van der Waals surface area contributed by atoms with E-state index in [0.717, 1.165) is 38.8 Å². The van der Waals surface area contributed by atoms with Gasteiger partial charge in [0.1, 0.15) is 0 Å². The van der Waals surface area contributed by atoms with Gasteiger partial charge in [-0.1, -0.05) is 19.3 Å². The van der Waals surface area contributed by atoms with Gasteiger partial charge in [0.05, 0.1) is 0 Å². The molecule has 0 amide bonds. The molecule has 6 heteroatoms. The minimum Gasteiger partial charge on any atom is -0.314 e. The predicted molar refractivity (Wildman–Crippen MR) is 68.0 cm³/mol. The molecule has 1 saturated heterocycles. The van der Waals surface area contributed by atoms with Gasteiger partial charge in [0.2, 0.25) is 0 Å². The van der Waals surface area contributed by atoms with Gasteiger partial charge in [0, 0.05) is 39.3 Å². The summed E-state index contributed by atoms with van der Waals surface area (Å²) in [6.07, 6.45) is 5.50. The van der Waals surface area contributed by atoms with Crippen LogP contribution in [0.1, 0.15) is 32.1 Å². The van der Waals surface area contributed by atoms with Gasteiger partial charge in [-0.2, -0.15) is 17.0 Å². The van der Waals surface area contributed by atoms with Crippen LogP contribution in [0.15, 0.2) is 0 Å². The highest BCUT2D eigenvalue weighted by Gasteiger charge is 2.46. The third kappa shape index (κ3) is 2.36. The van der Waals surface area contributed by atoms with E-state index in [4.69, 9.17) is 0 Å². The second kappa shape index (κ2) is 4.84. The Labute approximate surface area is 104 Å². The zero-order valence-electron chi connectivity index (χ0n) is 10.8. The van der Waals surface area contributed by atoms with Crippen molar-refractivity contribution in [3.8, 4) is 0 Å². The largest absolute Gasteiger partial charge is 0.314 e. The number of nitrogens with zero attached hydrogens (tertiary/aromatic N) is 2. The van der Waals surface area contributed by atoms with E-state index in [0.29, 0.717) is 6.54 Å². The molecule has 0 aromatic rings. The van der Waals surface area contributed by atoms with Gasteiger partial charge in [-0.05, 0) is 12.8 Å². The van der Waals surface area contributed by atoms with Crippen molar-refractivity contribution in [2.45, 2.75) is 37.6 Å². The van der Waals surface area contributed by atoms with E-state index in [1.54, 1.807) is 18.4 Å². The van der Waals surface area contributed by atoms with Crippen molar-refractivity contribution < 1.29 is 8.42 Å². The third-order valence-corrected chi connectivity index (χ3v) is 6.05. The highest BCUT2D eigenvalue weighted by Crippen LogP contribution is 2.36. The SMILES string of the molecule is CN(C)S(=O)(=O)N1CCNCC12CCCCC2. The molecule has 0 aromatic heterocycles. The van der Waals surface area contributed by atoms with E-state index in [9.17, 15) is 8.42 Å². The smallest absolute Gasteiger partial charge is 0.282 e. The lowest BCUT2D eigenvalue weighted by Crippen LogP contribution is -2.65. The summed E-state index contributed by atoms with van der Waals surface area (Å²) in [6.45, 7) is 2.16. The maximum Gasteiger partial charge on any atom is 0.282 e. The summed E-state index contributed by atoms with van der Waals surface area (Å²) in [5.41, 5.74) is -0.167. The molecule has 1 aliphatic carbocycles. The minimum atomic E-state index is -3.28. The summed E-state index contributed by atoms with van der Waals surface area (Å²) in [6, 6.07) is 0. The van der Waals surface area contributed by atoms with Gasteiger partial charge in [-0.25, -0.2) is 0 Å². The Balaban J connectivity index is 2.29. The van der Waals surface area contributed by atoms with Crippen molar-refractivity contribution in [2.75, 3.05) is 33.7 Å². The third-order valence-electron chi connectivity index (χ3n) is 4.00. The van der Waals surface area contributed by atoms with Crippen LogP contribution in [-0.4, -0.2) is 56.3 Å². The Morgan fingerprint density at radius 2 is 1.82 bits per heavy atom. The maximum absolute atomic E-state index is 12.4. The number of piperazine rings is 1. The van der Waals surface area contributed by atoms with E-state index in [2.05, 4.69) is 5.32 Å². The molecule has 1 spiro atoms. The molecule has 0 bridgehead atoms. The summed E-state index contributed by atoms with van der Waals surface area (Å²) in [7, 11) is -0.0434. The lowest BCUT2D eigenvalue weighted by atomic mass is 9.80. The first kappa shape index (κ1) is 13.3. The van der Waals surface area contributed by atoms with Crippen molar-refractivity contribution >= 4 is 10.2 Å². The molecule has 1 N–H and O–H groups in total. The van der Waals surface area contributed by atoms with Gasteiger partial charge >= 0.3 is 0 Å². The van der Waals surface area contributed by atoms with Crippen LogP contribution < -0.4 is 5.32 Å². The zero-order chi connectivity index (χ0) is 12.5. The number of hydrogen-bond donors (Lipinski definition) is 1. The van der Waals surface area contributed by atoms with Crippen LogP contribution in [0, 0.1) is 0 Å². The molecule has 17 heavy (non-hydrogen) atoms. The summed E-state index contributed by atoms with van der Waals surface area (Å²) >= 11 is 0. The molecule has 2 rings (SSSR count).